The largest absolute Gasteiger partial charge is 0.341 e. The molecule has 0 radical (unpaired) electrons. The van der Waals surface area contributed by atoms with Gasteiger partial charge in [0.05, 0.1) is 0 Å². The molecule has 31 heavy (non-hydrogen) atoms. The Hall–Kier alpha value is -3.12. The third-order valence-corrected chi connectivity index (χ3v) is 6.38. The lowest BCUT2D eigenvalue weighted by molar-refractivity contribution is -0.130. The number of carbonyl (C=O) groups excluding carboxylic acids is 3. The summed E-state index contributed by atoms with van der Waals surface area (Å²) in [6.45, 7) is 0.759. The quantitative estimate of drug-likeness (QED) is 0.405. The summed E-state index contributed by atoms with van der Waals surface area (Å²) < 4.78 is 0. The number of hydrogen-bond acceptors (Lipinski definition) is 4. The molecule has 5 nitrogen and oxygen atoms in total. The molecular formula is C25H24N2O3S. The van der Waals surface area contributed by atoms with E-state index in [1.807, 2.05) is 54.8 Å². The number of benzene rings is 3. The van der Waals surface area contributed by atoms with Crippen LogP contribution in [0.3, 0.4) is 0 Å². The summed E-state index contributed by atoms with van der Waals surface area (Å²) in [6.07, 6.45) is 2.74. The molecule has 0 bridgehead atoms. The molecule has 0 N–H and O–H groups in total. The molecule has 3 aromatic carbocycles. The van der Waals surface area contributed by atoms with Gasteiger partial charge in [-0.05, 0) is 47.9 Å². The van der Waals surface area contributed by atoms with Gasteiger partial charge in [-0.3, -0.25) is 19.3 Å². The van der Waals surface area contributed by atoms with Gasteiger partial charge < -0.3 is 4.90 Å². The topological polar surface area (TPSA) is 57.7 Å². The first-order chi connectivity index (χ1) is 15.0. The molecule has 6 heteroatoms. The lowest BCUT2D eigenvalue weighted by Gasteiger charge is -2.27. The van der Waals surface area contributed by atoms with Crippen molar-refractivity contribution in [2.75, 3.05) is 19.8 Å². The number of nitrogens with zero attached hydrogens (tertiary/aromatic N) is 2. The van der Waals surface area contributed by atoms with Gasteiger partial charge in [0.15, 0.2) is 0 Å². The summed E-state index contributed by atoms with van der Waals surface area (Å²) in [6, 6.07) is 19.1. The SMILES string of the molecule is CSc1ccc(CN(C)C(=O)CCCN2C(=O)c3cccc4cccc(c34)C2=O)cc1. The minimum Gasteiger partial charge on any atom is -0.341 e. The van der Waals surface area contributed by atoms with Gasteiger partial charge in [-0.1, -0.05) is 36.4 Å². The molecule has 1 aliphatic rings. The molecular weight excluding hydrogens is 408 g/mol. The Morgan fingerprint density at radius 3 is 2.13 bits per heavy atom. The van der Waals surface area contributed by atoms with E-state index in [0.717, 1.165) is 16.3 Å². The van der Waals surface area contributed by atoms with E-state index in [2.05, 4.69) is 0 Å². The minimum absolute atomic E-state index is 0.00616. The molecule has 0 aromatic heterocycles. The van der Waals surface area contributed by atoms with Crippen LogP contribution < -0.4 is 0 Å². The van der Waals surface area contributed by atoms with Crippen molar-refractivity contribution in [1.82, 2.24) is 9.80 Å². The van der Waals surface area contributed by atoms with Crippen LogP contribution in [0.25, 0.3) is 10.8 Å². The van der Waals surface area contributed by atoms with Crippen molar-refractivity contribution in [3.63, 3.8) is 0 Å². The fourth-order valence-electron chi connectivity index (χ4n) is 3.96. The minimum atomic E-state index is -0.288. The van der Waals surface area contributed by atoms with Crippen LogP contribution in [0.15, 0.2) is 65.6 Å². The van der Waals surface area contributed by atoms with Gasteiger partial charge in [0, 0.05) is 48.0 Å². The summed E-state index contributed by atoms with van der Waals surface area (Å²) in [5.41, 5.74) is 2.16. The predicted molar refractivity (Wildman–Crippen MR) is 123 cm³/mol. The van der Waals surface area contributed by atoms with Gasteiger partial charge >= 0.3 is 0 Å². The first-order valence-corrected chi connectivity index (χ1v) is 11.5. The third kappa shape index (κ3) is 4.21. The van der Waals surface area contributed by atoms with Crippen molar-refractivity contribution >= 4 is 40.3 Å². The summed E-state index contributed by atoms with van der Waals surface area (Å²) in [5, 5.41) is 1.61. The van der Waals surface area contributed by atoms with Crippen LogP contribution in [-0.4, -0.2) is 47.4 Å². The Morgan fingerprint density at radius 2 is 1.55 bits per heavy atom. The summed E-state index contributed by atoms with van der Waals surface area (Å²) in [5.74, 6) is -0.582. The van der Waals surface area contributed by atoms with Crippen molar-refractivity contribution in [3.8, 4) is 0 Å². The second-order valence-electron chi connectivity index (χ2n) is 7.67. The summed E-state index contributed by atoms with van der Waals surface area (Å²) in [7, 11) is 1.78. The van der Waals surface area contributed by atoms with Gasteiger partial charge in [0.1, 0.15) is 0 Å². The van der Waals surface area contributed by atoms with E-state index >= 15 is 0 Å². The number of thioether (sulfide) groups is 1. The Bertz CT molecular complexity index is 1110. The second kappa shape index (κ2) is 8.94. The fraction of sp³-hybridized carbons (Fsp3) is 0.240. The van der Waals surface area contributed by atoms with E-state index in [-0.39, 0.29) is 30.7 Å². The number of rotatable bonds is 7. The molecule has 1 heterocycles. The molecule has 3 amide bonds. The van der Waals surface area contributed by atoms with Crippen LogP contribution in [0.5, 0.6) is 0 Å². The zero-order chi connectivity index (χ0) is 22.0. The normalized spacial score (nSPS) is 13.0. The molecule has 3 aromatic rings. The van der Waals surface area contributed by atoms with Crippen molar-refractivity contribution in [3.05, 3.63) is 77.4 Å². The number of amides is 3. The number of imide groups is 1. The van der Waals surface area contributed by atoms with Crippen molar-refractivity contribution in [2.45, 2.75) is 24.3 Å². The van der Waals surface area contributed by atoms with Gasteiger partial charge in [0.25, 0.3) is 11.8 Å². The van der Waals surface area contributed by atoms with E-state index in [0.29, 0.717) is 24.1 Å². The average molecular weight is 433 g/mol. The Balaban J connectivity index is 1.37. The zero-order valence-electron chi connectivity index (χ0n) is 17.6. The van der Waals surface area contributed by atoms with Gasteiger partial charge in [-0.25, -0.2) is 0 Å². The summed E-state index contributed by atoms with van der Waals surface area (Å²) in [4.78, 5) is 42.6. The van der Waals surface area contributed by atoms with Crippen molar-refractivity contribution < 1.29 is 14.4 Å². The molecule has 0 saturated carbocycles. The van der Waals surface area contributed by atoms with Crippen molar-refractivity contribution in [1.29, 1.82) is 0 Å². The first kappa shape index (κ1) is 21.1. The highest BCUT2D eigenvalue weighted by atomic mass is 32.2. The molecule has 0 spiro atoms. The Morgan fingerprint density at radius 1 is 0.935 bits per heavy atom. The molecule has 0 unspecified atom stereocenters. The maximum atomic E-state index is 12.9. The van der Waals surface area contributed by atoms with Crippen LogP contribution in [0.1, 0.15) is 39.1 Å². The number of carbonyl (C=O) groups is 3. The second-order valence-corrected chi connectivity index (χ2v) is 8.55. The molecule has 0 saturated heterocycles. The molecule has 0 aliphatic carbocycles. The standard InChI is InChI=1S/C25H24N2O3S/c1-26(16-17-11-13-19(31-2)14-12-17)22(28)10-5-15-27-24(29)20-8-3-6-18-7-4-9-21(23(18)20)25(27)30/h3-4,6-9,11-14H,5,10,15-16H2,1-2H3. The monoisotopic (exact) mass is 432 g/mol. The van der Waals surface area contributed by atoms with E-state index < -0.39 is 0 Å². The lowest BCUT2D eigenvalue weighted by atomic mass is 9.94. The van der Waals surface area contributed by atoms with Crippen LogP contribution in [0.2, 0.25) is 0 Å². The molecule has 0 atom stereocenters. The van der Waals surface area contributed by atoms with E-state index in [4.69, 9.17) is 0 Å². The van der Waals surface area contributed by atoms with Gasteiger partial charge in [-0.15, -0.1) is 11.8 Å². The molecule has 1 aliphatic heterocycles. The van der Waals surface area contributed by atoms with E-state index in [1.165, 1.54) is 9.80 Å². The van der Waals surface area contributed by atoms with Gasteiger partial charge in [-0.2, -0.15) is 0 Å². The molecule has 0 fully saturated rings. The van der Waals surface area contributed by atoms with Crippen LogP contribution >= 0.6 is 11.8 Å². The highest BCUT2D eigenvalue weighted by Crippen LogP contribution is 2.30. The first-order valence-electron chi connectivity index (χ1n) is 10.2. The van der Waals surface area contributed by atoms with Crippen LogP contribution in [-0.2, 0) is 11.3 Å². The Kier molecular flexibility index (Phi) is 6.09. The average Bonchev–Trinajstić information content (AvgIpc) is 2.79. The smallest absolute Gasteiger partial charge is 0.261 e. The van der Waals surface area contributed by atoms with Crippen molar-refractivity contribution in [2.24, 2.45) is 0 Å². The fourth-order valence-corrected chi connectivity index (χ4v) is 4.36. The predicted octanol–water partition coefficient (Wildman–Crippen LogP) is 4.60. The molecule has 158 valence electrons. The zero-order valence-corrected chi connectivity index (χ0v) is 18.4. The number of hydrogen-bond donors (Lipinski definition) is 0. The summed E-state index contributed by atoms with van der Waals surface area (Å²) >= 11 is 1.68. The highest BCUT2D eigenvalue weighted by molar-refractivity contribution is 7.98. The van der Waals surface area contributed by atoms with Crippen LogP contribution in [0, 0.1) is 0 Å². The van der Waals surface area contributed by atoms with E-state index in [9.17, 15) is 14.4 Å². The Labute approximate surface area is 186 Å². The van der Waals surface area contributed by atoms with E-state index in [1.54, 1.807) is 35.8 Å². The highest BCUT2D eigenvalue weighted by Gasteiger charge is 2.32. The van der Waals surface area contributed by atoms with Gasteiger partial charge in [0.2, 0.25) is 5.91 Å². The maximum absolute atomic E-state index is 12.9. The maximum Gasteiger partial charge on any atom is 0.261 e. The molecule has 4 rings (SSSR count). The third-order valence-electron chi connectivity index (χ3n) is 5.63. The van der Waals surface area contributed by atoms with Crippen LogP contribution in [0.4, 0.5) is 0 Å². The lowest BCUT2D eigenvalue weighted by Crippen LogP contribution is -2.41.